The van der Waals surface area contributed by atoms with Gasteiger partial charge >= 0.3 is 0 Å². The molecule has 94 valence electrons. The average Bonchev–Trinajstić information content (AvgIpc) is 2.54. The summed E-state index contributed by atoms with van der Waals surface area (Å²) in [4.78, 5) is 0. The molecule has 1 atom stereocenters. The largest absolute Gasteiger partial charge is 0.381 e. The summed E-state index contributed by atoms with van der Waals surface area (Å²) in [5.74, 6) is 0. The van der Waals surface area contributed by atoms with E-state index in [0.29, 0.717) is 6.04 Å². The van der Waals surface area contributed by atoms with Crippen molar-refractivity contribution in [3.63, 3.8) is 0 Å². The molecular weight excluding hydrogens is 257 g/mol. The number of ether oxygens (including phenoxy) is 1. The number of anilines is 1. The number of halogens is 2. The first-order valence-corrected chi connectivity index (χ1v) is 6.72. The highest BCUT2D eigenvalue weighted by molar-refractivity contribution is 6.35. The topological polar surface area (TPSA) is 21.3 Å². The Morgan fingerprint density at radius 1 is 1.18 bits per heavy atom. The van der Waals surface area contributed by atoms with Crippen molar-refractivity contribution in [1.29, 1.82) is 0 Å². The van der Waals surface area contributed by atoms with E-state index in [2.05, 4.69) is 5.32 Å². The van der Waals surface area contributed by atoms with E-state index in [0.717, 1.165) is 53.8 Å². The van der Waals surface area contributed by atoms with E-state index in [1.54, 1.807) is 0 Å². The van der Waals surface area contributed by atoms with Gasteiger partial charge in [0.15, 0.2) is 0 Å². The zero-order chi connectivity index (χ0) is 12.3. The van der Waals surface area contributed by atoms with Crippen molar-refractivity contribution in [3.8, 4) is 0 Å². The molecule has 1 aromatic rings. The average molecular weight is 274 g/mol. The zero-order valence-corrected chi connectivity index (χ0v) is 11.4. The molecule has 2 rings (SSSR count). The lowest BCUT2D eigenvalue weighted by Crippen LogP contribution is -2.19. The van der Waals surface area contributed by atoms with Crippen molar-refractivity contribution in [2.75, 3.05) is 18.5 Å². The Morgan fingerprint density at radius 2 is 2.00 bits per heavy atom. The van der Waals surface area contributed by atoms with Gasteiger partial charge in [0.25, 0.3) is 0 Å². The highest BCUT2D eigenvalue weighted by atomic mass is 35.5. The van der Waals surface area contributed by atoms with Gasteiger partial charge in [-0.2, -0.15) is 0 Å². The molecule has 1 aliphatic heterocycles. The third-order valence-electron chi connectivity index (χ3n) is 3.06. The zero-order valence-electron chi connectivity index (χ0n) is 9.93. The van der Waals surface area contributed by atoms with Crippen LogP contribution in [0.1, 0.15) is 24.8 Å². The molecule has 0 bridgehead atoms. The normalized spacial score (nSPS) is 21.0. The van der Waals surface area contributed by atoms with E-state index in [-0.39, 0.29) is 0 Å². The summed E-state index contributed by atoms with van der Waals surface area (Å²) in [6, 6.07) is 4.23. The van der Waals surface area contributed by atoms with Gasteiger partial charge in [0, 0.05) is 24.3 Å². The van der Waals surface area contributed by atoms with Crippen LogP contribution in [-0.2, 0) is 4.74 Å². The summed E-state index contributed by atoms with van der Waals surface area (Å²) in [5.41, 5.74) is 1.93. The molecule has 1 fully saturated rings. The van der Waals surface area contributed by atoms with Crippen molar-refractivity contribution >= 4 is 28.9 Å². The second-order valence-corrected chi connectivity index (χ2v) is 5.28. The fraction of sp³-hybridized carbons (Fsp3) is 0.538. The van der Waals surface area contributed by atoms with Crippen LogP contribution in [-0.4, -0.2) is 19.3 Å². The van der Waals surface area contributed by atoms with E-state index < -0.39 is 0 Å². The standard InChI is InChI=1S/C13H17Cl2NO/c1-9-7-12(15)13(8-11(9)14)16-10-3-2-5-17-6-4-10/h7-8,10,16H,2-6H2,1H3. The summed E-state index contributed by atoms with van der Waals surface area (Å²) in [6.07, 6.45) is 3.22. The lowest BCUT2D eigenvalue weighted by Gasteiger charge is -2.18. The second-order valence-electron chi connectivity index (χ2n) is 4.47. The smallest absolute Gasteiger partial charge is 0.0641 e. The molecule has 0 saturated carbocycles. The third-order valence-corrected chi connectivity index (χ3v) is 3.78. The monoisotopic (exact) mass is 273 g/mol. The summed E-state index contributed by atoms with van der Waals surface area (Å²) in [7, 11) is 0. The Hall–Kier alpha value is -0.440. The van der Waals surface area contributed by atoms with Crippen LogP contribution in [0.2, 0.25) is 10.0 Å². The highest BCUT2D eigenvalue weighted by Crippen LogP contribution is 2.30. The minimum atomic E-state index is 0.425. The molecule has 0 aliphatic carbocycles. The fourth-order valence-electron chi connectivity index (χ4n) is 2.02. The van der Waals surface area contributed by atoms with Gasteiger partial charge in [-0.1, -0.05) is 23.2 Å². The first-order chi connectivity index (χ1) is 8.16. The maximum atomic E-state index is 6.21. The minimum absolute atomic E-state index is 0.425. The van der Waals surface area contributed by atoms with E-state index in [9.17, 15) is 0 Å². The first kappa shape index (κ1) is 13.0. The van der Waals surface area contributed by atoms with Crippen LogP contribution < -0.4 is 5.32 Å². The van der Waals surface area contributed by atoms with E-state index in [4.69, 9.17) is 27.9 Å². The van der Waals surface area contributed by atoms with E-state index in [1.807, 2.05) is 19.1 Å². The Bertz CT molecular complexity index is 387. The van der Waals surface area contributed by atoms with Gasteiger partial charge in [-0.05, 0) is 43.9 Å². The number of aryl methyl sites for hydroxylation is 1. The lowest BCUT2D eigenvalue weighted by atomic mass is 10.1. The van der Waals surface area contributed by atoms with Gasteiger partial charge < -0.3 is 10.1 Å². The van der Waals surface area contributed by atoms with Crippen molar-refractivity contribution in [1.82, 2.24) is 0 Å². The molecule has 1 aliphatic rings. The molecule has 0 aromatic heterocycles. The first-order valence-electron chi connectivity index (χ1n) is 5.97. The number of benzene rings is 1. The molecule has 1 unspecified atom stereocenters. The van der Waals surface area contributed by atoms with Gasteiger partial charge in [-0.3, -0.25) is 0 Å². The lowest BCUT2D eigenvalue weighted by molar-refractivity contribution is 0.144. The molecule has 17 heavy (non-hydrogen) atoms. The van der Waals surface area contributed by atoms with E-state index in [1.165, 1.54) is 0 Å². The van der Waals surface area contributed by atoms with Crippen LogP contribution in [0.5, 0.6) is 0 Å². The Morgan fingerprint density at radius 3 is 2.82 bits per heavy atom. The van der Waals surface area contributed by atoms with Gasteiger partial charge in [0.1, 0.15) is 0 Å². The van der Waals surface area contributed by atoms with Crippen LogP contribution in [0, 0.1) is 6.92 Å². The van der Waals surface area contributed by atoms with Gasteiger partial charge in [0.2, 0.25) is 0 Å². The summed E-state index contributed by atoms with van der Waals surface area (Å²) in [6.45, 7) is 3.63. The molecule has 0 radical (unpaired) electrons. The van der Waals surface area contributed by atoms with Gasteiger partial charge in [-0.15, -0.1) is 0 Å². The van der Waals surface area contributed by atoms with Crippen LogP contribution in [0.15, 0.2) is 12.1 Å². The SMILES string of the molecule is Cc1cc(Cl)c(NC2CCCOCC2)cc1Cl. The maximum Gasteiger partial charge on any atom is 0.0641 e. The van der Waals surface area contributed by atoms with Gasteiger partial charge in [0.05, 0.1) is 10.7 Å². The molecule has 0 amide bonds. The maximum absolute atomic E-state index is 6.21. The quantitative estimate of drug-likeness (QED) is 0.869. The van der Waals surface area contributed by atoms with Crippen molar-refractivity contribution in [3.05, 3.63) is 27.7 Å². The predicted molar refractivity (Wildman–Crippen MR) is 73.3 cm³/mol. The molecule has 0 spiro atoms. The number of hydrogen-bond acceptors (Lipinski definition) is 2. The second kappa shape index (κ2) is 5.94. The summed E-state index contributed by atoms with van der Waals surface area (Å²) in [5, 5.41) is 4.95. The minimum Gasteiger partial charge on any atom is -0.381 e. The molecule has 4 heteroatoms. The molecule has 2 nitrogen and oxygen atoms in total. The van der Waals surface area contributed by atoms with Gasteiger partial charge in [-0.25, -0.2) is 0 Å². The molecule has 1 aromatic carbocycles. The molecular formula is C13H17Cl2NO. The van der Waals surface area contributed by atoms with Crippen LogP contribution in [0.4, 0.5) is 5.69 Å². The van der Waals surface area contributed by atoms with Crippen molar-refractivity contribution in [2.45, 2.75) is 32.2 Å². The van der Waals surface area contributed by atoms with Crippen molar-refractivity contribution < 1.29 is 4.74 Å². The highest BCUT2D eigenvalue weighted by Gasteiger charge is 2.14. The van der Waals surface area contributed by atoms with Crippen LogP contribution in [0.25, 0.3) is 0 Å². The Labute approximate surface area is 112 Å². The fourth-order valence-corrected chi connectivity index (χ4v) is 2.46. The molecule has 1 N–H and O–H groups in total. The van der Waals surface area contributed by atoms with Crippen LogP contribution >= 0.6 is 23.2 Å². The number of nitrogens with one attached hydrogen (secondary N) is 1. The Balaban J connectivity index is 2.09. The molecule has 1 heterocycles. The van der Waals surface area contributed by atoms with Crippen molar-refractivity contribution in [2.24, 2.45) is 0 Å². The summed E-state index contributed by atoms with van der Waals surface area (Å²) < 4.78 is 5.44. The van der Waals surface area contributed by atoms with Crippen LogP contribution in [0.3, 0.4) is 0 Å². The third kappa shape index (κ3) is 3.51. The molecule has 1 saturated heterocycles. The summed E-state index contributed by atoms with van der Waals surface area (Å²) >= 11 is 12.3. The van der Waals surface area contributed by atoms with E-state index >= 15 is 0 Å². The number of hydrogen-bond donors (Lipinski definition) is 1. The Kier molecular flexibility index (Phi) is 4.55. The predicted octanol–water partition coefficient (Wildman–Crippen LogP) is 4.28. The number of rotatable bonds is 2.